The standard InChI is InChI=1S/C15H20O3/c1-9-6-10(2)14(18-3)12(7-9)5-4-11-8-13(11)15(16)17/h6-7,11,13H,4-5,8H2,1-3H3,(H,16,17). The molecule has 0 spiro atoms. The summed E-state index contributed by atoms with van der Waals surface area (Å²) in [5.41, 5.74) is 3.58. The molecule has 1 aromatic rings. The summed E-state index contributed by atoms with van der Waals surface area (Å²) in [7, 11) is 1.69. The van der Waals surface area contributed by atoms with E-state index in [1.807, 2.05) is 6.92 Å². The highest BCUT2D eigenvalue weighted by Crippen LogP contribution is 2.42. The molecule has 98 valence electrons. The first kappa shape index (κ1) is 12.9. The van der Waals surface area contributed by atoms with Crippen LogP contribution in [0.5, 0.6) is 5.75 Å². The van der Waals surface area contributed by atoms with Crippen LogP contribution in [0.2, 0.25) is 0 Å². The van der Waals surface area contributed by atoms with Crippen LogP contribution < -0.4 is 4.74 Å². The Morgan fingerprint density at radius 2 is 2.17 bits per heavy atom. The van der Waals surface area contributed by atoms with Gasteiger partial charge in [0.25, 0.3) is 0 Å². The Morgan fingerprint density at radius 1 is 1.44 bits per heavy atom. The van der Waals surface area contributed by atoms with Gasteiger partial charge in [-0.25, -0.2) is 0 Å². The number of carboxylic acids is 1. The lowest BCUT2D eigenvalue weighted by atomic mass is 10.00. The molecular formula is C15H20O3. The first-order chi connectivity index (χ1) is 8.52. The van der Waals surface area contributed by atoms with Gasteiger partial charge in [0, 0.05) is 0 Å². The van der Waals surface area contributed by atoms with Gasteiger partial charge in [-0.1, -0.05) is 17.7 Å². The minimum absolute atomic E-state index is 0.109. The fourth-order valence-electron chi connectivity index (χ4n) is 2.73. The predicted octanol–water partition coefficient (Wildman–Crippen LogP) is 2.97. The topological polar surface area (TPSA) is 46.5 Å². The molecule has 0 aromatic heterocycles. The maximum atomic E-state index is 10.8. The van der Waals surface area contributed by atoms with E-state index in [2.05, 4.69) is 19.1 Å². The Kier molecular flexibility index (Phi) is 3.60. The van der Waals surface area contributed by atoms with E-state index in [1.54, 1.807) is 7.11 Å². The van der Waals surface area contributed by atoms with E-state index in [0.717, 1.165) is 30.6 Å². The lowest BCUT2D eigenvalue weighted by Crippen LogP contribution is -2.01. The number of aliphatic carboxylic acids is 1. The summed E-state index contributed by atoms with van der Waals surface area (Å²) < 4.78 is 5.44. The molecule has 3 heteroatoms. The van der Waals surface area contributed by atoms with Crippen molar-refractivity contribution in [3.63, 3.8) is 0 Å². The van der Waals surface area contributed by atoms with Gasteiger partial charge in [-0.2, -0.15) is 0 Å². The van der Waals surface area contributed by atoms with Gasteiger partial charge in [-0.15, -0.1) is 0 Å². The van der Waals surface area contributed by atoms with Gasteiger partial charge in [-0.3, -0.25) is 4.79 Å². The minimum atomic E-state index is -0.646. The molecule has 0 amide bonds. The van der Waals surface area contributed by atoms with Crippen molar-refractivity contribution in [1.29, 1.82) is 0 Å². The number of benzene rings is 1. The summed E-state index contributed by atoms with van der Waals surface area (Å²) >= 11 is 0. The zero-order chi connectivity index (χ0) is 13.3. The Hall–Kier alpha value is -1.51. The molecule has 1 N–H and O–H groups in total. The lowest BCUT2D eigenvalue weighted by molar-refractivity contribution is -0.138. The van der Waals surface area contributed by atoms with E-state index < -0.39 is 5.97 Å². The zero-order valence-electron chi connectivity index (χ0n) is 11.2. The second kappa shape index (κ2) is 5.01. The second-order valence-electron chi connectivity index (χ2n) is 5.25. The Balaban J connectivity index is 2.03. The number of hydrogen-bond acceptors (Lipinski definition) is 2. The molecule has 1 fully saturated rings. The van der Waals surface area contributed by atoms with Crippen LogP contribution in [0.3, 0.4) is 0 Å². The number of carboxylic acid groups (broad SMARTS) is 1. The van der Waals surface area contributed by atoms with Gasteiger partial charge in [0.05, 0.1) is 13.0 Å². The fourth-order valence-corrected chi connectivity index (χ4v) is 2.73. The summed E-state index contributed by atoms with van der Waals surface area (Å²) in [5, 5.41) is 8.89. The number of ether oxygens (including phenoxy) is 1. The van der Waals surface area contributed by atoms with Crippen LogP contribution in [-0.2, 0) is 11.2 Å². The van der Waals surface area contributed by atoms with Crippen molar-refractivity contribution >= 4 is 5.97 Å². The average molecular weight is 248 g/mol. The highest BCUT2D eigenvalue weighted by molar-refractivity contribution is 5.73. The summed E-state index contributed by atoms with van der Waals surface area (Å²) in [6.45, 7) is 4.12. The number of methoxy groups -OCH3 is 1. The van der Waals surface area contributed by atoms with Crippen LogP contribution >= 0.6 is 0 Å². The molecule has 2 atom stereocenters. The monoisotopic (exact) mass is 248 g/mol. The van der Waals surface area contributed by atoms with Crippen molar-refractivity contribution in [1.82, 2.24) is 0 Å². The third-order valence-electron chi connectivity index (χ3n) is 3.72. The molecule has 2 unspecified atom stereocenters. The van der Waals surface area contributed by atoms with E-state index >= 15 is 0 Å². The van der Waals surface area contributed by atoms with E-state index in [0.29, 0.717) is 5.92 Å². The van der Waals surface area contributed by atoms with Crippen molar-refractivity contribution in [2.45, 2.75) is 33.1 Å². The van der Waals surface area contributed by atoms with Gasteiger partial charge >= 0.3 is 5.97 Å². The smallest absolute Gasteiger partial charge is 0.306 e. The maximum absolute atomic E-state index is 10.8. The molecule has 1 aliphatic rings. The lowest BCUT2D eigenvalue weighted by Gasteiger charge is -2.12. The van der Waals surface area contributed by atoms with Crippen molar-refractivity contribution in [3.05, 3.63) is 28.8 Å². The maximum Gasteiger partial charge on any atom is 0.306 e. The Labute approximate surface area is 108 Å². The first-order valence-corrected chi connectivity index (χ1v) is 6.40. The fraction of sp³-hybridized carbons (Fsp3) is 0.533. The molecule has 0 bridgehead atoms. The molecule has 18 heavy (non-hydrogen) atoms. The molecule has 1 aliphatic carbocycles. The van der Waals surface area contributed by atoms with E-state index in [4.69, 9.17) is 9.84 Å². The SMILES string of the molecule is COc1c(C)cc(C)cc1CCC1CC1C(=O)O. The molecule has 0 aliphatic heterocycles. The highest BCUT2D eigenvalue weighted by Gasteiger charge is 2.42. The van der Waals surface area contributed by atoms with Crippen LogP contribution in [0.4, 0.5) is 0 Å². The van der Waals surface area contributed by atoms with Gasteiger partial charge < -0.3 is 9.84 Å². The van der Waals surface area contributed by atoms with Crippen LogP contribution in [0.25, 0.3) is 0 Å². The molecule has 1 aromatic carbocycles. The van der Waals surface area contributed by atoms with Crippen LogP contribution in [0.1, 0.15) is 29.5 Å². The summed E-state index contributed by atoms with van der Waals surface area (Å²) in [5.74, 6) is 0.551. The number of aryl methyl sites for hydroxylation is 3. The third kappa shape index (κ3) is 2.66. The largest absolute Gasteiger partial charge is 0.496 e. The van der Waals surface area contributed by atoms with E-state index in [1.165, 1.54) is 11.1 Å². The van der Waals surface area contributed by atoms with Crippen molar-refractivity contribution in [2.75, 3.05) is 7.11 Å². The first-order valence-electron chi connectivity index (χ1n) is 6.40. The highest BCUT2D eigenvalue weighted by atomic mass is 16.5. The average Bonchev–Trinajstić information content (AvgIpc) is 3.05. The third-order valence-corrected chi connectivity index (χ3v) is 3.72. The molecule has 1 saturated carbocycles. The molecule has 0 saturated heterocycles. The van der Waals surface area contributed by atoms with E-state index in [9.17, 15) is 4.79 Å². The van der Waals surface area contributed by atoms with Crippen molar-refractivity contribution in [2.24, 2.45) is 11.8 Å². The molecular weight excluding hydrogens is 228 g/mol. The van der Waals surface area contributed by atoms with Gasteiger partial charge in [0.2, 0.25) is 0 Å². The van der Waals surface area contributed by atoms with Crippen LogP contribution in [0.15, 0.2) is 12.1 Å². The minimum Gasteiger partial charge on any atom is -0.496 e. The number of hydrogen-bond donors (Lipinski definition) is 1. The van der Waals surface area contributed by atoms with Gasteiger partial charge in [0.1, 0.15) is 5.75 Å². The van der Waals surface area contributed by atoms with Crippen molar-refractivity contribution < 1.29 is 14.6 Å². The molecule has 3 nitrogen and oxygen atoms in total. The predicted molar refractivity (Wildman–Crippen MR) is 70.0 cm³/mol. The summed E-state index contributed by atoms with van der Waals surface area (Å²) in [4.78, 5) is 10.8. The van der Waals surface area contributed by atoms with Crippen molar-refractivity contribution in [3.8, 4) is 5.75 Å². The quantitative estimate of drug-likeness (QED) is 0.871. The van der Waals surface area contributed by atoms with Gasteiger partial charge in [-0.05, 0) is 50.2 Å². The van der Waals surface area contributed by atoms with E-state index in [-0.39, 0.29) is 5.92 Å². The molecule has 0 radical (unpaired) electrons. The number of rotatable bonds is 5. The normalized spacial score (nSPS) is 21.7. The zero-order valence-corrected chi connectivity index (χ0v) is 11.2. The van der Waals surface area contributed by atoms with Crippen LogP contribution in [-0.4, -0.2) is 18.2 Å². The summed E-state index contributed by atoms with van der Waals surface area (Å²) in [6.07, 6.45) is 2.68. The second-order valence-corrected chi connectivity index (χ2v) is 5.25. The van der Waals surface area contributed by atoms with Crippen LogP contribution in [0, 0.1) is 25.7 Å². The summed E-state index contributed by atoms with van der Waals surface area (Å²) in [6, 6.07) is 4.25. The molecule has 0 heterocycles. The Morgan fingerprint density at radius 3 is 2.72 bits per heavy atom. The van der Waals surface area contributed by atoms with Gasteiger partial charge in [0.15, 0.2) is 0 Å². The number of carbonyl (C=O) groups is 1. The molecule has 2 rings (SSSR count). The Bertz CT molecular complexity index is 465.